The minimum Gasteiger partial charge on any atom is -0.475 e. The molecule has 2 aliphatic heterocycles. The molecule has 0 radical (unpaired) electrons. The van der Waals surface area contributed by atoms with Crippen molar-refractivity contribution in [2.24, 2.45) is 5.92 Å². The molecule has 3 atom stereocenters. The van der Waals surface area contributed by atoms with Crippen molar-refractivity contribution in [3.63, 3.8) is 0 Å². The Bertz CT molecular complexity index is 811. The summed E-state index contributed by atoms with van der Waals surface area (Å²) in [6.45, 7) is 7.73. The molecule has 2 saturated heterocycles. The van der Waals surface area contributed by atoms with E-state index in [0.717, 1.165) is 24.1 Å². The fourth-order valence-electron chi connectivity index (χ4n) is 4.26. The van der Waals surface area contributed by atoms with Crippen molar-refractivity contribution < 1.29 is 32.7 Å². The molecule has 1 aromatic carbocycles. The lowest BCUT2D eigenvalue weighted by Crippen LogP contribution is -2.50. The number of carbonyl (C=O) groups is 3. The lowest BCUT2D eigenvalue weighted by molar-refractivity contribution is -0.192. The molecule has 3 rings (SSSR count). The first-order valence-corrected chi connectivity index (χ1v) is 10.0. The third-order valence-electron chi connectivity index (χ3n) is 5.65. The van der Waals surface area contributed by atoms with Gasteiger partial charge in [0.15, 0.2) is 0 Å². The summed E-state index contributed by atoms with van der Waals surface area (Å²) in [6.07, 6.45) is -4.25. The number of carbonyl (C=O) groups excluding carboxylic acids is 2. The summed E-state index contributed by atoms with van der Waals surface area (Å²) in [6, 6.07) is 8.26. The molecule has 31 heavy (non-hydrogen) atoms. The number of nitrogens with zero attached hydrogens (tertiary/aromatic N) is 2. The van der Waals surface area contributed by atoms with E-state index >= 15 is 0 Å². The highest BCUT2D eigenvalue weighted by molar-refractivity contribution is 5.94. The number of hydrogen-bond acceptors (Lipinski definition) is 4. The van der Waals surface area contributed by atoms with E-state index in [0.29, 0.717) is 12.5 Å². The second-order valence-corrected chi connectivity index (χ2v) is 8.11. The van der Waals surface area contributed by atoms with Gasteiger partial charge in [0.2, 0.25) is 5.91 Å². The summed E-state index contributed by atoms with van der Waals surface area (Å²) in [4.78, 5) is 38.1. The average molecular weight is 443 g/mol. The minimum absolute atomic E-state index is 0.0679. The number of hydrogen-bond donors (Lipinski definition) is 2. The van der Waals surface area contributed by atoms with Crippen LogP contribution in [0.4, 0.5) is 13.2 Å². The van der Waals surface area contributed by atoms with Crippen molar-refractivity contribution in [3.05, 3.63) is 35.4 Å². The summed E-state index contributed by atoms with van der Waals surface area (Å²) < 4.78 is 31.7. The van der Waals surface area contributed by atoms with E-state index < -0.39 is 12.1 Å². The number of carboxylic acids is 1. The normalized spacial score (nSPS) is 23.2. The van der Waals surface area contributed by atoms with Gasteiger partial charge in [-0.25, -0.2) is 4.79 Å². The van der Waals surface area contributed by atoms with Gasteiger partial charge < -0.3 is 15.3 Å². The highest BCUT2D eigenvalue weighted by atomic mass is 19.4. The zero-order valence-corrected chi connectivity index (χ0v) is 17.9. The Balaban J connectivity index is 0.000000423. The molecule has 10 heteroatoms. The number of likely N-dealkylation sites (N-methyl/N-ethyl adjacent to an activating group) is 1. The first-order valence-electron chi connectivity index (χ1n) is 10.0. The van der Waals surface area contributed by atoms with Crippen LogP contribution >= 0.6 is 0 Å². The van der Waals surface area contributed by atoms with Crippen molar-refractivity contribution in [2.45, 2.75) is 51.5 Å². The Morgan fingerprint density at radius 2 is 1.68 bits per heavy atom. The van der Waals surface area contributed by atoms with Crippen molar-refractivity contribution in [1.29, 1.82) is 0 Å². The SMILES string of the molecule is CNC(=O)[C@H]1C[C@@H]2CN(C(=O)c3ccc(C)cc3)C[C@@H]2N1C(C)C.O=C(O)C(F)(F)F. The van der Waals surface area contributed by atoms with E-state index in [2.05, 4.69) is 24.1 Å². The Morgan fingerprint density at radius 1 is 1.13 bits per heavy atom. The topological polar surface area (TPSA) is 90.0 Å². The molecule has 2 amide bonds. The fraction of sp³-hybridized carbons (Fsp3) is 0.571. The smallest absolute Gasteiger partial charge is 0.475 e. The third kappa shape index (κ3) is 5.75. The van der Waals surface area contributed by atoms with Crippen LogP contribution in [0.1, 0.15) is 36.2 Å². The Labute approximate surface area is 179 Å². The molecule has 0 unspecified atom stereocenters. The maximum absolute atomic E-state index is 12.8. The molecule has 0 aromatic heterocycles. The molecule has 172 valence electrons. The summed E-state index contributed by atoms with van der Waals surface area (Å²) in [7, 11) is 1.70. The minimum atomic E-state index is -5.08. The zero-order valence-electron chi connectivity index (χ0n) is 17.9. The van der Waals surface area contributed by atoms with Crippen LogP contribution in [0.25, 0.3) is 0 Å². The number of aliphatic carboxylic acids is 1. The van der Waals surface area contributed by atoms with Crippen molar-refractivity contribution >= 4 is 17.8 Å². The number of likely N-dealkylation sites (tertiary alicyclic amines) is 2. The number of rotatable bonds is 3. The van der Waals surface area contributed by atoms with E-state index in [9.17, 15) is 22.8 Å². The molecule has 2 N–H and O–H groups in total. The fourth-order valence-corrected chi connectivity index (χ4v) is 4.26. The molecule has 0 bridgehead atoms. The van der Waals surface area contributed by atoms with Gasteiger partial charge >= 0.3 is 12.1 Å². The van der Waals surface area contributed by atoms with Gasteiger partial charge in [0.1, 0.15) is 0 Å². The van der Waals surface area contributed by atoms with E-state index in [4.69, 9.17) is 9.90 Å². The number of amides is 2. The molecular weight excluding hydrogens is 415 g/mol. The lowest BCUT2D eigenvalue weighted by atomic mass is 10.0. The predicted molar refractivity (Wildman–Crippen MR) is 107 cm³/mol. The van der Waals surface area contributed by atoms with Crippen molar-refractivity contribution in [1.82, 2.24) is 15.1 Å². The lowest BCUT2D eigenvalue weighted by Gasteiger charge is -2.33. The Kier molecular flexibility index (Phi) is 7.69. The van der Waals surface area contributed by atoms with E-state index in [1.165, 1.54) is 0 Å². The molecular formula is C21H28F3N3O4. The van der Waals surface area contributed by atoms with Gasteiger partial charge in [-0.15, -0.1) is 0 Å². The van der Waals surface area contributed by atoms with Gasteiger partial charge in [-0.2, -0.15) is 13.2 Å². The Morgan fingerprint density at radius 3 is 2.13 bits per heavy atom. The zero-order chi connectivity index (χ0) is 23.5. The van der Waals surface area contributed by atoms with Crippen LogP contribution in [0, 0.1) is 12.8 Å². The first kappa shape index (κ1) is 24.6. The van der Waals surface area contributed by atoms with Crippen LogP contribution in [-0.4, -0.2) is 77.1 Å². The molecule has 2 aliphatic rings. The standard InChI is InChI=1S/C19H27N3O2.C2HF3O2/c1-12(2)22-16(18(23)20-4)9-15-10-21(11-17(15)22)19(24)14-7-5-13(3)6-8-14;3-2(4,5)1(6)7/h5-8,12,15-17H,9-11H2,1-4H3,(H,20,23);(H,6,7)/t15-,16-,17+;/m1./s1. The highest BCUT2D eigenvalue weighted by Gasteiger charge is 2.50. The van der Waals surface area contributed by atoms with Crippen LogP contribution in [0.15, 0.2) is 24.3 Å². The molecule has 0 spiro atoms. The predicted octanol–water partition coefficient (Wildman–Crippen LogP) is 2.30. The molecule has 2 heterocycles. The summed E-state index contributed by atoms with van der Waals surface area (Å²) in [5.41, 5.74) is 1.91. The van der Waals surface area contributed by atoms with Crippen LogP contribution in [0.3, 0.4) is 0 Å². The van der Waals surface area contributed by atoms with Crippen molar-refractivity contribution in [2.75, 3.05) is 20.1 Å². The number of alkyl halides is 3. The second-order valence-electron chi connectivity index (χ2n) is 8.11. The molecule has 1 aromatic rings. The molecule has 7 nitrogen and oxygen atoms in total. The second kappa shape index (κ2) is 9.67. The van der Waals surface area contributed by atoms with Crippen molar-refractivity contribution in [3.8, 4) is 0 Å². The van der Waals surface area contributed by atoms with Gasteiger partial charge in [0.05, 0.1) is 6.04 Å². The maximum Gasteiger partial charge on any atom is 0.490 e. The van der Waals surface area contributed by atoms with E-state index in [-0.39, 0.29) is 29.9 Å². The summed E-state index contributed by atoms with van der Waals surface area (Å²) in [5, 5.41) is 9.91. The molecule has 0 saturated carbocycles. The third-order valence-corrected chi connectivity index (χ3v) is 5.65. The average Bonchev–Trinajstić information content (AvgIpc) is 3.24. The van der Waals surface area contributed by atoms with Crippen LogP contribution in [0.2, 0.25) is 0 Å². The molecule has 2 fully saturated rings. The van der Waals surface area contributed by atoms with Gasteiger partial charge in [-0.05, 0) is 45.2 Å². The van der Waals surface area contributed by atoms with E-state index in [1.807, 2.05) is 36.1 Å². The summed E-state index contributed by atoms with van der Waals surface area (Å²) >= 11 is 0. The highest BCUT2D eigenvalue weighted by Crippen LogP contribution is 2.37. The monoisotopic (exact) mass is 443 g/mol. The van der Waals surface area contributed by atoms with Gasteiger partial charge in [-0.3, -0.25) is 14.5 Å². The van der Waals surface area contributed by atoms with Gasteiger partial charge in [0.25, 0.3) is 5.91 Å². The number of aryl methyl sites for hydroxylation is 1. The van der Waals surface area contributed by atoms with Gasteiger partial charge in [0, 0.05) is 37.8 Å². The number of benzene rings is 1. The number of nitrogens with one attached hydrogen (secondary N) is 1. The maximum atomic E-state index is 12.8. The van der Waals surface area contributed by atoms with Crippen LogP contribution < -0.4 is 5.32 Å². The first-order chi connectivity index (χ1) is 14.4. The largest absolute Gasteiger partial charge is 0.490 e. The quantitative estimate of drug-likeness (QED) is 0.748. The number of carboxylic acid groups (broad SMARTS) is 1. The summed E-state index contributed by atoms with van der Waals surface area (Å²) in [5.74, 6) is -2.18. The Hall–Kier alpha value is -2.62. The number of halogens is 3. The van der Waals surface area contributed by atoms with E-state index in [1.54, 1.807) is 7.05 Å². The van der Waals surface area contributed by atoms with Crippen LogP contribution in [0.5, 0.6) is 0 Å². The van der Waals surface area contributed by atoms with Crippen LogP contribution in [-0.2, 0) is 9.59 Å². The van der Waals surface area contributed by atoms with Gasteiger partial charge in [-0.1, -0.05) is 17.7 Å². The molecule has 0 aliphatic carbocycles. The number of fused-ring (bicyclic) bond motifs is 1.